The second-order valence-electron chi connectivity index (χ2n) is 4.06. The third-order valence-electron chi connectivity index (χ3n) is 2.62. The van der Waals surface area contributed by atoms with Crippen LogP contribution in [0.15, 0.2) is 36.4 Å². The number of hydrogen-bond acceptors (Lipinski definition) is 4. The molecule has 0 aliphatic rings. The van der Waals surface area contributed by atoms with Gasteiger partial charge < -0.3 is 4.74 Å². The van der Waals surface area contributed by atoms with E-state index in [1.165, 1.54) is 18.2 Å². The van der Waals surface area contributed by atoms with E-state index in [9.17, 15) is 10.1 Å². The number of rotatable bonds is 3. The molecule has 100 valence electrons. The van der Waals surface area contributed by atoms with Crippen LogP contribution < -0.4 is 4.74 Å². The third kappa shape index (κ3) is 2.71. The topological polar surface area (TPSA) is 76.2 Å². The third-order valence-corrected chi connectivity index (χ3v) is 2.93. The first-order valence-electron chi connectivity index (χ1n) is 5.64. The summed E-state index contributed by atoms with van der Waals surface area (Å²) in [5, 5.41) is 20.3. The molecule has 0 aliphatic carbocycles. The highest BCUT2D eigenvalue weighted by Crippen LogP contribution is 2.35. The maximum atomic E-state index is 11.0. The number of nitrogens with zero attached hydrogens (tertiary/aromatic N) is 2. The summed E-state index contributed by atoms with van der Waals surface area (Å²) >= 11 is 5.89. The van der Waals surface area contributed by atoms with Crippen LogP contribution in [0, 0.1) is 28.4 Å². The molecule has 0 saturated carbocycles. The van der Waals surface area contributed by atoms with Gasteiger partial charge in [-0.15, -0.1) is 0 Å². The lowest BCUT2D eigenvalue weighted by Gasteiger charge is -2.09. The second-order valence-corrected chi connectivity index (χ2v) is 4.46. The number of nitro benzene ring substituents is 1. The molecule has 0 heterocycles. The lowest BCUT2D eigenvalue weighted by Crippen LogP contribution is -1.95. The number of aryl methyl sites for hydroxylation is 1. The molecule has 0 fully saturated rings. The summed E-state index contributed by atoms with van der Waals surface area (Å²) in [6, 6.07) is 11.2. The van der Waals surface area contributed by atoms with Gasteiger partial charge in [0.05, 0.1) is 9.95 Å². The first-order valence-corrected chi connectivity index (χ1v) is 6.02. The van der Waals surface area contributed by atoms with Gasteiger partial charge in [0.25, 0.3) is 0 Å². The molecule has 0 spiro atoms. The molecule has 0 aliphatic heterocycles. The summed E-state index contributed by atoms with van der Waals surface area (Å²) in [4.78, 5) is 10.5. The van der Waals surface area contributed by atoms with E-state index in [0.29, 0.717) is 0 Å². The fraction of sp³-hybridized carbons (Fsp3) is 0.0714. The van der Waals surface area contributed by atoms with E-state index in [2.05, 4.69) is 0 Å². The fourth-order valence-corrected chi connectivity index (χ4v) is 1.88. The largest absolute Gasteiger partial charge is 0.449 e. The Morgan fingerprint density at radius 1 is 1.30 bits per heavy atom. The van der Waals surface area contributed by atoms with Crippen LogP contribution in [-0.4, -0.2) is 4.92 Å². The maximum Gasteiger partial charge on any atom is 0.311 e. The van der Waals surface area contributed by atoms with E-state index in [1.54, 1.807) is 25.1 Å². The van der Waals surface area contributed by atoms with E-state index in [4.69, 9.17) is 21.6 Å². The van der Waals surface area contributed by atoms with Crippen LogP contribution in [-0.2, 0) is 0 Å². The molecule has 0 aromatic heterocycles. The molecule has 2 rings (SSSR count). The zero-order valence-electron chi connectivity index (χ0n) is 10.5. The highest BCUT2D eigenvalue weighted by Gasteiger charge is 2.18. The second kappa shape index (κ2) is 5.59. The molecule has 2 aromatic rings. The minimum Gasteiger partial charge on any atom is -0.449 e. The molecule has 0 unspecified atom stereocenters. The molecule has 0 saturated heterocycles. The van der Waals surface area contributed by atoms with E-state index in [0.717, 1.165) is 5.56 Å². The minimum absolute atomic E-state index is 0.0689. The van der Waals surface area contributed by atoms with Gasteiger partial charge in [0.2, 0.25) is 5.75 Å². The monoisotopic (exact) mass is 288 g/mol. The summed E-state index contributed by atoms with van der Waals surface area (Å²) in [5.74, 6) is 0.256. The van der Waals surface area contributed by atoms with Gasteiger partial charge in [-0.05, 0) is 30.7 Å². The number of halogens is 1. The van der Waals surface area contributed by atoms with Crippen LogP contribution >= 0.6 is 11.6 Å². The van der Waals surface area contributed by atoms with Gasteiger partial charge in [-0.1, -0.05) is 23.7 Å². The molecule has 0 N–H and O–H groups in total. The first kappa shape index (κ1) is 13.8. The van der Waals surface area contributed by atoms with Crippen LogP contribution in [0.1, 0.15) is 11.1 Å². The van der Waals surface area contributed by atoms with Crippen molar-refractivity contribution in [3.05, 3.63) is 62.7 Å². The van der Waals surface area contributed by atoms with Crippen molar-refractivity contribution in [2.24, 2.45) is 0 Å². The number of benzene rings is 2. The molecule has 2 aromatic carbocycles. The first-order chi connectivity index (χ1) is 9.52. The predicted molar refractivity (Wildman–Crippen MR) is 74.1 cm³/mol. The maximum absolute atomic E-state index is 11.0. The van der Waals surface area contributed by atoms with Crippen molar-refractivity contribution < 1.29 is 9.66 Å². The number of nitro groups is 1. The van der Waals surface area contributed by atoms with Gasteiger partial charge in [0.1, 0.15) is 17.4 Å². The van der Waals surface area contributed by atoms with Crippen molar-refractivity contribution in [3.8, 4) is 17.6 Å². The smallest absolute Gasteiger partial charge is 0.311 e. The zero-order valence-corrected chi connectivity index (χ0v) is 11.2. The summed E-state index contributed by atoms with van der Waals surface area (Å²) < 4.78 is 5.48. The Bertz CT molecular complexity index is 723. The number of ether oxygens (including phenoxy) is 1. The molecule has 0 amide bonds. The molecular weight excluding hydrogens is 280 g/mol. The molecule has 5 nitrogen and oxygen atoms in total. The number of hydrogen-bond donors (Lipinski definition) is 0. The fourth-order valence-electron chi connectivity index (χ4n) is 1.67. The Hall–Kier alpha value is -2.58. The zero-order chi connectivity index (χ0) is 14.7. The Morgan fingerprint density at radius 2 is 2.05 bits per heavy atom. The lowest BCUT2D eigenvalue weighted by molar-refractivity contribution is -0.385. The molecule has 0 bridgehead atoms. The molecule has 0 atom stereocenters. The molecule has 20 heavy (non-hydrogen) atoms. The van der Waals surface area contributed by atoms with Crippen LogP contribution in [0.2, 0.25) is 5.02 Å². The Balaban J connectivity index is 2.49. The van der Waals surface area contributed by atoms with E-state index < -0.39 is 4.92 Å². The van der Waals surface area contributed by atoms with Gasteiger partial charge in [0, 0.05) is 6.07 Å². The van der Waals surface area contributed by atoms with Gasteiger partial charge in [-0.3, -0.25) is 10.1 Å². The van der Waals surface area contributed by atoms with E-state index in [-0.39, 0.29) is 27.8 Å². The standard InChI is InChI=1S/C14H9ClN2O3/c1-9-5-6-14(12(7-9)17(18)19)20-13-4-2-3-11(15)10(13)8-16/h2-7H,1H3. The van der Waals surface area contributed by atoms with Crippen molar-refractivity contribution in [2.75, 3.05) is 0 Å². The van der Waals surface area contributed by atoms with Crippen LogP contribution in [0.25, 0.3) is 0 Å². The SMILES string of the molecule is Cc1ccc(Oc2cccc(Cl)c2C#N)c([N+](=O)[O-])c1. The summed E-state index contributed by atoms with van der Waals surface area (Å²) in [5.41, 5.74) is 0.730. The van der Waals surface area contributed by atoms with Gasteiger partial charge in [0.15, 0.2) is 0 Å². The molecular formula is C14H9ClN2O3. The summed E-state index contributed by atoms with van der Waals surface area (Å²) in [6.07, 6.45) is 0. The average Bonchev–Trinajstić information content (AvgIpc) is 2.41. The summed E-state index contributed by atoms with van der Waals surface area (Å²) in [7, 11) is 0. The normalized spacial score (nSPS) is 9.85. The highest BCUT2D eigenvalue weighted by molar-refractivity contribution is 6.31. The summed E-state index contributed by atoms with van der Waals surface area (Å²) in [6.45, 7) is 1.75. The molecule has 0 radical (unpaired) electrons. The van der Waals surface area contributed by atoms with Crippen molar-refractivity contribution in [2.45, 2.75) is 6.92 Å². The van der Waals surface area contributed by atoms with E-state index in [1.807, 2.05) is 6.07 Å². The quantitative estimate of drug-likeness (QED) is 0.626. The lowest BCUT2D eigenvalue weighted by atomic mass is 10.2. The Labute approximate surface area is 120 Å². The van der Waals surface area contributed by atoms with Crippen LogP contribution in [0.3, 0.4) is 0 Å². The average molecular weight is 289 g/mol. The van der Waals surface area contributed by atoms with Crippen molar-refractivity contribution >= 4 is 17.3 Å². The van der Waals surface area contributed by atoms with Crippen LogP contribution in [0.4, 0.5) is 5.69 Å². The van der Waals surface area contributed by atoms with Crippen molar-refractivity contribution in [3.63, 3.8) is 0 Å². The molecule has 6 heteroatoms. The highest BCUT2D eigenvalue weighted by atomic mass is 35.5. The predicted octanol–water partition coefficient (Wildman–Crippen LogP) is 4.22. The number of nitriles is 1. The van der Waals surface area contributed by atoms with Gasteiger partial charge >= 0.3 is 5.69 Å². The van der Waals surface area contributed by atoms with Crippen molar-refractivity contribution in [1.82, 2.24) is 0 Å². The Kier molecular flexibility index (Phi) is 3.87. The van der Waals surface area contributed by atoms with Crippen LogP contribution in [0.5, 0.6) is 11.5 Å². The van der Waals surface area contributed by atoms with E-state index >= 15 is 0 Å². The Morgan fingerprint density at radius 3 is 2.70 bits per heavy atom. The van der Waals surface area contributed by atoms with Gasteiger partial charge in [-0.2, -0.15) is 5.26 Å². The van der Waals surface area contributed by atoms with Crippen molar-refractivity contribution in [1.29, 1.82) is 5.26 Å². The minimum atomic E-state index is -0.529. The van der Waals surface area contributed by atoms with Gasteiger partial charge in [-0.25, -0.2) is 0 Å².